The zero-order valence-corrected chi connectivity index (χ0v) is 16.6. The van der Waals surface area contributed by atoms with Crippen molar-refractivity contribution in [3.8, 4) is 5.75 Å². The number of hydrogen-bond acceptors (Lipinski definition) is 5. The number of non-ortho nitro benzene ring substituents is 1. The lowest BCUT2D eigenvalue weighted by molar-refractivity contribution is -0.384. The summed E-state index contributed by atoms with van der Waals surface area (Å²) in [6, 6.07) is 21.0. The van der Waals surface area contributed by atoms with Crippen LogP contribution in [0.3, 0.4) is 0 Å². The minimum Gasteiger partial charge on any atom is -0.489 e. The van der Waals surface area contributed by atoms with Gasteiger partial charge in [0.05, 0.1) is 4.92 Å². The van der Waals surface area contributed by atoms with Crippen LogP contribution < -0.4 is 15.8 Å². The second kappa shape index (κ2) is 10.0. The fourth-order valence-electron chi connectivity index (χ4n) is 2.92. The van der Waals surface area contributed by atoms with Crippen LogP contribution in [0.2, 0.25) is 0 Å². The summed E-state index contributed by atoms with van der Waals surface area (Å²) >= 11 is 0. The predicted molar refractivity (Wildman–Crippen MR) is 114 cm³/mol. The minimum atomic E-state index is -0.848. The SMILES string of the molecule is NC(=O)C(Cc1ccccc1)NC(=O)c1cccc(OCc2ccc([N+](=O)[O-])cc2)c1. The molecule has 0 saturated heterocycles. The van der Waals surface area contributed by atoms with E-state index in [1.807, 2.05) is 30.3 Å². The maximum Gasteiger partial charge on any atom is 0.269 e. The molecule has 1 unspecified atom stereocenters. The van der Waals surface area contributed by atoms with E-state index in [1.165, 1.54) is 12.1 Å². The standard InChI is InChI=1S/C23H21N3O5/c24-22(27)21(13-16-5-2-1-3-6-16)25-23(28)18-7-4-8-20(14-18)31-15-17-9-11-19(12-10-17)26(29)30/h1-12,14,21H,13,15H2,(H2,24,27)(H,25,28). The number of nitro benzene ring substituents is 1. The Labute approximate surface area is 178 Å². The Morgan fingerprint density at radius 1 is 0.968 bits per heavy atom. The molecule has 31 heavy (non-hydrogen) atoms. The van der Waals surface area contributed by atoms with Crippen LogP contribution in [-0.2, 0) is 17.8 Å². The summed E-state index contributed by atoms with van der Waals surface area (Å²) < 4.78 is 5.69. The first-order valence-electron chi connectivity index (χ1n) is 9.52. The van der Waals surface area contributed by atoms with Gasteiger partial charge < -0.3 is 15.8 Å². The zero-order chi connectivity index (χ0) is 22.2. The summed E-state index contributed by atoms with van der Waals surface area (Å²) in [5, 5.41) is 13.4. The topological polar surface area (TPSA) is 125 Å². The summed E-state index contributed by atoms with van der Waals surface area (Å²) in [7, 11) is 0. The predicted octanol–water partition coefficient (Wildman–Crippen LogP) is 3.00. The van der Waals surface area contributed by atoms with E-state index in [1.54, 1.807) is 36.4 Å². The van der Waals surface area contributed by atoms with Crippen LogP contribution in [0.1, 0.15) is 21.5 Å². The number of hydrogen-bond donors (Lipinski definition) is 2. The molecule has 0 aromatic heterocycles. The van der Waals surface area contributed by atoms with Crippen LogP contribution in [0.4, 0.5) is 5.69 Å². The monoisotopic (exact) mass is 419 g/mol. The number of nitro groups is 1. The lowest BCUT2D eigenvalue weighted by atomic mass is 10.0. The molecule has 3 aromatic rings. The summed E-state index contributed by atoms with van der Waals surface area (Å²) in [6.45, 7) is 0.182. The molecule has 0 radical (unpaired) electrons. The van der Waals surface area contributed by atoms with Gasteiger partial charge in [-0.2, -0.15) is 0 Å². The van der Waals surface area contributed by atoms with Gasteiger partial charge in [0.1, 0.15) is 18.4 Å². The maximum atomic E-state index is 12.6. The van der Waals surface area contributed by atoms with Crippen molar-refractivity contribution in [1.82, 2.24) is 5.32 Å². The molecule has 2 amide bonds. The van der Waals surface area contributed by atoms with E-state index >= 15 is 0 Å². The molecule has 0 fully saturated rings. The van der Waals surface area contributed by atoms with Crippen LogP contribution in [-0.4, -0.2) is 22.8 Å². The minimum absolute atomic E-state index is 0.00178. The maximum absolute atomic E-state index is 12.6. The normalized spacial score (nSPS) is 11.4. The van der Waals surface area contributed by atoms with Crippen molar-refractivity contribution in [2.45, 2.75) is 19.1 Å². The van der Waals surface area contributed by atoms with Crippen molar-refractivity contribution in [2.24, 2.45) is 5.73 Å². The Kier molecular flexibility index (Phi) is 6.95. The van der Waals surface area contributed by atoms with E-state index < -0.39 is 22.8 Å². The molecule has 8 nitrogen and oxygen atoms in total. The molecule has 0 aliphatic rings. The highest BCUT2D eigenvalue weighted by molar-refractivity contribution is 5.97. The molecule has 0 bridgehead atoms. The number of carbonyl (C=O) groups is 2. The Morgan fingerprint density at radius 3 is 2.32 bits per heavy atom. The van der Waals surface area contributed by atoms with Crippen molar-refractivity contribution in [3.05, 3.63) is 106 Å². The van der Waals surface area contributed by atoms with Gasteiger partial charge in [-0.05, 0) is 41.5 Å². The first-order valence-corrected chi connectivity index (χ1v) is 9.52. The second-order valence-electron chi connectivity index (χ2n) is 6.86. The van der Waals surface area contributed by atoms with Crippen LogP contribution in [0, 0.1) is 10.1 Å². The quantitative estimate of drug-likeness (QED) is 0.407. The van der Waals surface area contributed by atoms with E-state index in [2.05, 4.69) is 5.32 Å². The molecule has 3 aromatic carbocycles. The van der Waals surface area contributed by atoms with E-state index in [-0.39, 0.29) is 18.7 Å². The third kappa shape index (κ3) is 6.14. The Bertz CT molecular complexity index is 1070. The first kappa shape index (κ1) is 21.5. The van der Waals surface area contributed by atoms with Crippen LogP contribution in [0.25, 0.3) is 0 Å². The molecular weight excluding hydrogens is 398 g/mol. The average molecular weight is 419 g/mol. The van der Waals surface area contributed by atoms with Crippen molar-refractivity contribution in [3.63, 3.8) is 0 Å². The molecule has 158 valence electrons. The van der Waals surface area contributed by atoms with Gasteiger partial charge in [-0.1, -0.05) is 36.4 Å². The van der Waals surface area contributed by atoms with Crippen molar-refractivity contribution < 1.29 is 19.2 Å². The van der Waals surface area contributed by atoms with Gasteiger partial charge in [-0.3, -0.25) is 19.7 Å². The van der Waals surface area contributed by atoms with Crippen molar-refractivity contribution in [2.75, 3.05) is 0 Å². The third-order valence-corrected chi connectivity index (χ3v) is 4.58. The Morgan fingerprint density at radius 2 is 1.68 bits per heavy atom. The largest absolute Gasteiger partial charge is 0.489 e. The van der Waals surface area contributed by atoms with Gasteiger partial charge in [0.2, 0.25) is 5.91 Å². The molecule has 0 spiro atoms. The fourth-order valence-corrected chi connectivity index (χ4v) is 2.92. The summed E-state index contributed by atoms with van der Waals surface area (Å²) in [4.78, 5) is 34.7. The van der Waals surface area contributed by atoms with Gasteiger partial charge >= 0.3 is 0 Å². The molecule has 0 aliphatic carbocycles. The first-order chi connectivity index (χ1) is 14.9. The van der Waals surface area contributed by atoms with Gasteiger partial charge in [-0.15, -0.1) is 0 Å². The average Bonchev–Trinajstić information content (AvgIpc) is 2.78. The van der Waals surface area contributed by atoms with Gasteiger partial charge in [-0.25, -0.2) is 0 Å². The molecule has 0 aliphatic heterocycles. The second-order valence-corrected chi connectivity index (χ2v) is 6.86. The number of nitrogens with one attached hydrogen (secondary N) is 1. The molecule has 0 saturated carbocycles. The number of primary amides is 1. The van der Waals surface area contributed by atoms with Crippen molar-refractivity contribution >= 4 is 17.5 Å². The lowest BCUT2D eigenvalue weighted by Gasteiger charge is -2.16. The van der Waals surface area contributed by atoms with Crippen molar-refractivity contribution in [1.29, 1.82) is 0 Å². The molecule has 0 heterocycles. The third-order valence-electron chi connectivity index (χ3n) is 4.58. The van der Waals surface area contributed by atoms with E-state index in [0.29, 0.717) is 11.3 Å². The summed E-state index contributed by atoms with van der Waals surface area (Å²) in [5.74, 6) is -0.618. The van der Waals surface area contributed by atoms with Crippen LogP contribution >= 0.6 is 0 Å². The smallest absolute Gasteiger partial charge is 0.269 e. The van der Waals surface area contributed by atoms with Gasteiger partial charge in [0.25, 0.3) is 11.6 Å². The summed E-state index contributed by atoms with van der Waals surface area (Å²) in [6.07, 6.45) is 0.290. The number of nitrogens with two attached hydrogens (primary N) is 1. The van der Waals surface area contributed by atoms with E-state index in [9.17, 15) is 19.7 Å². The van der Waals surface area contributed by atoms with E-state index in [4.69, 9.17) is 10.5 Å². The highest BCUT2D eigenvalue weighted by atomic mass is 16.6. The number of rotatable bonds is 9. The molecule has 1 atom stereocenters. The Hall–Kier alpha value is -4.20. The van der Waals surface area contributed by atoms with Crippen LogP contribution in [0.5, 0.6) is 5.75 Å². The molecule has 3 N–H and O–H groups in total. The lowest BCUT2D eigenvalue weighted by Crippen LogP contribution is -2.45. The molecule has 8 heteroatoms. The van der Waals surface area contributed by atoms with Crippen LogP contribution in [0.15, 0.2) is 78.9 Å². The fraction of sp³-hybridized carbons (Fsp3) is 0.130. The zero-order valence-electron chi connectivity index (χ0n) is 16.6. The Balaban J connectivity index is 1.63. The number of ether oxygens (including phenoxy) is 1. The van der Waals surface area contributed by atoms with Gasteiger partial charge in [0.15, 0.2) is 0 Å². The van der Waals surface area contributed by atoms with E-state index in [0.717, 1.165) is 11.1 Å². The highest BCUT2D eigenvalue weighted by Gasteiger charge is 2.19. The van der Waals surface area contributed by atoms with Gasteiger partial charge in [0, 0.05) is 24.1 Å². The number of amides is 2. The molecular formula is C23H21N3O5. The summed E-state index contributed by atoms with van der Waals surface area (Å²) in [5.41, 5.74) is 7.41. The number of nitrogens with zero attached hydrogens (tertiary/aromatic N) is 1. The number of benzene rings is 3. The molecule has 3 rings (SSSR count). The number of carbonyl (C=O) groups excluding carboxylic acids is 2. The highest BCUT2D eigenvalue weighted by Crippen LogP contribution is 2.17.